The molecule has 4 rings (SSSR count). The number of para-hydroxylation sites is 1. The lowest BCUT2D eigenvalue weighted by atomic mass is 9.88. The minimum atomic E-state index is -0.834. The van der Waals surface area contributed by atoms with Crippen molar-refractivity contribution in [1.29, 1.82) is 0 Å². The van der Waals surface area contributed by atoms with E-state index < -0.39 is 16.5 Å². The third-order valence-electron chi connectivity index (χ3n) is 4.70. The number of fused-ring (bicyclic) bond motifs is 2. The lowest BCUT2D eigenvalue weighted by molar-refractivity contribution is -0.482. The summed E-state index contributed by atoms with van der Waals surface area (Å²) in [6.07, 6.45) is 0.260. The van der Waals surface area contributed by atoms with Crippen molar-refractivity contribution in [3.05, 3.63) is 75.3 Å². The zero-order valence-electron chi connectivity index (χ0n) is 14.0. The van der Waals surface area contributed by atoms with Crippen LogP contribution in [0.15, 0.2) is 47.6 Å². The van der Waals surface area contributed by atoms with Gasteiger partial charge in [-0.05, 0) is 24.3 Å². The molecular formula is C18H15F2N3O3S. The fourth-order valence-electron chi connectivity index (χ4n) is 3.37. The van der Waals surface area contributed by atoms with E-state index in [4.69, 9.17) is 4.74 Å². The van der Waals surface area contributed by atoms with Gasteiger partial charge in [-0.1, -0.05) is 30.0 Å². The number of ether oxygens (including phenoxy) is 1. The van der Waals surface area contributed by atoms with Crippen LogP contribution in [0.1, 0.15) is 17.5 Å². The van der Waals surface area contributed by atoms with Crippen LogP contribution in [0.2, 0.25) is 0 Å². The van der Waals surface area contributed by atoms with Gasteiger partial charge in [0.05, 0.1) is 6.61 Å². The molecule has 0 unspecified atom stereocenters. The van der Waals surface area contributed by atoms with E-state index >= 15 is 0 Å². The van der Waals surface area contributed by atoms with Crippen LogP contribution in [0.25, 0.3) is 0 Å². The van der Waals surface area contributed by atoms with Crippen LogP contribution in [0.5, 0.6) is 5.75 Å². The molecule has 6 nitrogen and oxygen atoms in total. The fraction of sp³-hybridized carbons (Fsp3) is 0.278. The van der Waals surface area contributed by atoms with Crippen LogP contribution in [-0.2, 0) is 4.87 Å². The maximum atomic E-state index is 14.2. The van der Waals surface area contributed by atoms with Gasteiger partial charge in [-0.3, -0.25) is 15.5 Å². The molecule has 2 aromatic carbocycles. The van der Waals surface area contributed by atoms with E-state index in [2.05, 4.69) is 10.5 Å². The number of nitrogens with zero attached hydrogens (tertiary/aromatic N) is 2. The summed E-state index contributed by atoms with van der Waals surface area (Å²) in [5.74, 6) is -0.775. The third kappa shape index (κ3) is 3.12. The number of hydrogen-bond donors (Lipinski definition) is 1. The normalized spacial score (nSPS) is 23.3. The molecule has 140 valence electrons. The van der Waals surface area contributed by atoms with Gasteiger partial charge in [0.1, 0.15) is 27.3 Å². The number of benzene rings is 2. The molecule has 0 aliphatic carbocycles. The van der Waals surface area contributed by atoms with Crippen molar-refractivity contribution in [3.8, 4) is 5.75 Å². The van der Waals surface area contributed by atoms with Crippen molar-refractivity contribution >= 4 is 16.8 Å². The van der Waals surface area contributed by atoms with Crippen molar-refractivity contribution in [1.82, 2.24) is 5.43 Å². The van der Waals surface area contributed by atoms with Crippen molar-refractivity contribution < 1.29 is 18.4 Å². The maximum Gasteiger partial charge on any atom is 0.204 e. The average molecular weight is 391 g/mol. The van der Waals surface area contributed by atoms with Crippen molar-refractivity contribution in [2.75, 3.05) is 13.2 Å². The highest BCUT2D eigenvalue weighted by Crippen LogP contribution is 2.52. The van der Waals surface area contributed by atoms with E-state index in [0.717, 1.165) is 23.8 Å². The predicted octanol–water partition coefficient (Wildman–Crippen LogP) is 3.49. The number of hydrogen-bond acceptors (Lipinski definition) is 6. The van der Waals surface area contributed by atoms with E-state index in [1.807, 2.05) is 24.3 Å². The molecule has 0 saturated carbocycles. The Balaban J connectivity index is 1.72. The molecule has 2 aliphatic rings. The maximum absolute atomic E-state index is 14.2. The molecule has 2 heterocycles. The molecule has 0 radical (unpaired) electrons. The standard InChI is InChI=1S/C18H15F2N3O3S/c19-12-5-6-15(20)13(9-12)17-21-22-18(27-17)11(7-8-23(24)25)10-26-16-4-2-1-3-14(16)18/h1-6,9,11,22H,7-8,10H2/t11-,18-/m1/s1. The summed E-state index contributed by atoms with van der Waals surface area (Å²) in [6, 6.07) is 10.5. The zero-order valence-corrected chi connectivity index (χ0v) is 14.8. The monoisotopic (exact) mass is 391 g/mol. The summed E-state index contributed by atoms with van der Waals surface area (Å²) in [7, 11) is 0. The Bertz CT molecular complexity index is 940. The molecule has 1 spiro atoms. The Morgan fingerprint density at radius 2 is 2.15 bits per heavy atom. The molecule has 2 aliphatic heterocycles. The number of nitro groups is 1. The van der Waals surface area contributed by atoms with E-state index in [-0.39, 0.29) is 36.0 Å². The first kappa shape index (κ1) is 17.7. The fourth-order valence-corrected chi connectivity index (χ4v) is 4.76. The van der Waals surface area contributed by atoms with Gasteiger partial charge in [-0.2, -0.15) is 5.10 Å². The lowest BCUT2D eigenvalue weighted by Crippen LogP contribution is -2.47. The number of nitrogens with one attached hydrogen (secondary N) is 1. The third-order valence-corrected chi connectivity index (χ3v) is 6.17. The molecule has 2 atom stereocenters. The molecule has 1 N–H and O–H groups in total. The molecule has 0 aromatic heterocycles. The first-order valence-corrected chi connectivity index (χ1v) is 9.14. The molecule has 0 fully saturated rings. The summed E-state index contributed by atoms with van der Waals surface area (Å²) in [5.41, 5.74) is 3.90. The highest BCUT2D eigenvalue weighted by atomic mass is 32.2. The minimum Gasteiger partial charge on any atom is -0.493 e. The Morgan fingerprint density at radius 1 is 1.33 bits per heavy atom. The first-order valence-electron chi connectivity index (χ1n) is 8.33. The second kappa shape index (κ2) is 6.80. The molecule has 0 amide bonds. The van der Waals surface area contributed by atoms with Gasteiger partial charge in [0.2, 0.25) is 6.54 Å². The Hall–Kier alpha value is -2.68. The minimum absolute atomic E-state index is 0.0568. The SMILES string of the molecule is O=[N+]([O-])CC[C@@H]1COc2ccccc2[C@@]12NN=C(c1cc(F)ccc1F)S2. The quantitative estimate of drug-likeness (QED) is 0.638. The highest BCUT2D eigenvalue weighted by molar-refractivity contribution is 8.15. The molecule has 0 bridgehead atoms. The predicted molar refractivity (Wildman–Crippen MR) is 97.2 cm³/mol. The van der Waals surface area contributed by atoms with Gasteiger partial charge in [-0.25, -0.2) is 8.78 Å². The number of rotatable bonds is 4. The molecule has 9 heteroatoms. The summed E-state index contributed by atoms with van der Waals surface area (Å²) >= 11 is 1.24. The highest BCUT2D eigenvalue weighted by Gasteiger charge is 2.51. The van der Waals surface area contributed by atoms with Gasteiger partial charge in [0.25, 0.3) is 0 Å². The second-order valence-electron chi connectivity index (χ2n) is 6.34. The smallest absolute Gasteiger partial charge is 0.204 e. The van der Waals surface area contributed by atoms with Gasteiger partial charge >= 0.3 is 0 Å². The van der Waals surface area contributed by atoms with Crippen LogP contribution in [0.4, 0.5) is 8.78 Å². The van der Waals surface area contributed by atoms with Gasteiger partial charge in [-0.15, -0.1) is 0 Å². The topological polar surface area (TPSA) is 76.8 Å². The molecule has 0 saturated heterocycles. The summed E-state index contributed by atoms with van der Waals surface area (Å²) in [5, 5.41) is 15.4. The summed E-state index contributed by atoms with van der Waals surface area (Å²) in [6.45, 7) is 0.0448. The van der Waals surface area contributed by atoms with Crippen LogP contribution in [0, 0.1) is 27.7 Å². The number of hydrazone groups is 1. The van der Waals surface area contributed by atoms with Crippen LogP contribution >= 0.6 is 11.8 Å². The average Bonchev–Trinajstić information content (AvgIpc) is 3.09. The van der Waals surface area contributed by atoms with E-state index in [0.29, 0.717) is 10.8 Å². The van der Waals surface area contributed by atoms with Crippen LogP contribution < -0.4 is 10.2 Å². The number of halogens is 2. The Morgan fingerprint density at radius 3 is 2.96 bits per heavy atom. The van der Waals surface area contributed by atoms with Crippen molar-refractivity contribution in [2.45, 2.75) is 11.3 Å². The first-order chi connectivity index (χ1) is 13.0. The molecule has 27 heavy (non-hydrogen) atoms. The van der Waals surface area contributed by atoms with Gasteiger partial charge < -0.3 is 4.74 Å². The molecular weight excluding hydrogens is 376 g/mol. The zero-order chi connectivity index (χ0) is 19.0. The number of thioether (sulfide) groups is 1. The second-order valence-corrected chi connectivity index (χ2v) is 7.57. The van der Waals surface area contributed by atoms with E-state index in [1.165, 1.54) is 11.8 Å². The van der Waals surface area contributed by atoms with E-state index in [1.54, 1.807) is 0 Å². The van der Waals surface area contributed by atoms with Gasteiger partial charge in [0.15, 0.2) is 0 Å². The van der Waals surface area contributed by atoms with Crippen molar-refractivity contribution in [3.63, 3.8) is 0 Å². The largest absolute Gasteiger partial charge is 0.493 e. The van der Waals surface area contributed by atoms with Crippen LogP contribution in [0.3, 0.4) is 0 Å². The van der Waals surface area contributed by atoms with Crippen LogP contribution in [-0.4, -0.2) is 23.1 Å². The summed E-state index contributed by atoms with van der Waals surface area (Å²) < 4.78 is 33.6. The van der Waals surface area contributed by atoms with Gasteiger partial charge in [0, 0.05) is 28.4 Å². The lowest BCUT2D eigenvalue weighted by Gasteiger charge is -2.40. The van der Waals surface area contributed by atoms with Crippen molar-refractivity contribution in [2.24, 2.45) is 11.0 Å². The molecule has 2 aromatic rings. The van der Waals surface area contributed by atoms with E-state index in [9.17, 15) is 18.9 Å². The Kier molecular flexibility index (Phi) is 4.47. The Labute approximate surface area is 157 Å². The summed E-state index contributed by atoms with van der Waals surface area (Å²) in [4.78, 5) is 9.67.